The van der Waals surface area contributed by atoms with Crippen molar-refractivity contribution in [3.63, 3.8) is 0 Å². The summed E-state index contributed by atoms with van der Waals surface area (Å²) in [6.07, 6.45) is -3.15. The molecule has 2 aromatic rings. The lowest BCUT2D eigenvalue weighted by Crippen LogP contribution is -2.65. The van der Waals surface area contributed by atoms with Crippen LogP contribution in [0.4, 0.5) is 11.5 Å². The average molecular weight is 699 g/mol. The predicted molar refractivity (Wildman–Crippen MR) is 165 cm³/mol. The van der Waals surface area contributed by atoms with Crippen LogP contribution in [0.25, 0.3) is 0 Å². The number of halogens is 2. The van der Waals surface area contributed by atoms with Gasteiger partial charge in [-0.25, -0.2) is 4.98 Å². The first kappa shape index (κ1) is 34.0. The lowest BCUT2D eigenvalue weighted by Gasteiger charge is -2.42. The number of hydrogen-bond acceptors (Lipinski definition) is 10. The van der Waals surface area contributed by atoms with Crippen LogP contribution in [0.3, 0.4) is 0 Å². The summed E-state index contributed by atoms with van der Waals surface area (Å²) in [5.74, 6) is -1.61. The van der Waals surface area contributed by atoms with Crippen molar-refractivity contribution in [1.29, 1.82) is 0 Å². The van der Waals surface area contributed by atoms with Gasteiger partial charge in [-0.3, -0.25) is 14.4 Å². The molecule has 1 aromatic heterocycles. The second kappa shape index (κ2) is 15.0. The summed E-state index contributed by atoms with van der Waals surface area (Å²) in [7, 11) is 0. The van der Waals surface area contributed by atoms with E-state index in [0.29, 0.717) is 28.4 Å². The zero-order chi connectivity index (χ0) is 32.1. The minimum atomic E-state index is -1.56. The van der Waals surface area contributed by atoms with E-state index in [9.17, 15) is 29.7 Å². The number of piperidine rings is 1. The van der Waals surface area contributed by atoms with E-state index in [-0.39, 0.29) is 34.6 Å². The van der Waals surface area contributed by atoms with Crippen molar-refractivity contribution in [2.45, 2.75) is 70.3 Å². The van der Waals surface area contributed by atoms with E-state index in [1.54, 1.807) is 6.07 Å². The Hall–Kier alpha value is -2.85. The fraction of sp³-hybridized carbons (Fsp3) is 0.517. The lowest BCUT2D eigenvalue weighted by atomic mass is 9.94. The maximum atomic E-state index is 13.6. The number of nitrogens with zero attached hydrogens (tertiary/aromatic N) is 2. The van der Waals surface area contributed by atoms with Crippen molar-refractivity contribution >= 4 is 56.8 Å². The number of aromatic nitrogens is 1. The molecule has 3 heterocycles. The molecule has 15 heteroatoms. The molecule has 13 nitrogen and oxygen atoms in total. The Bertz CT molecular complexity index is 1340. The zero-order valence-corrected chi connectivity index (χ0v) is 26.8. The van der Waals surface area contributed by atoms with E-state index < -0.39 is 49.1 Å². The van der Waals surface area contributed by atoms with Gasteiger partial charge in [0.15, 0.2) is 0 Å². The van der Waals surface area contributed by atoms with Crippen LogP contribution in [0, 0.1) is 5.92 Å². The number of likely N-dealkylation sites (tertiary alicyclic amines) is 1. The summed E-state index contributed by atoms with van der Waals surface area (Å²) >= 11 is 9.32. The molecule has 0 saturated carbocycles. The fourth-order valence-corrected chi connectivity index (χ4v) is 5.76. The highest BCUT2D eigenvalue weighted by molar-refractivity contribution is 9.10. The Labute approximate surface area is 268 Å². The third kappa shape index (κ3) is 8.24. The first-order valence-electron chi connectivity index (χ1n) is 14.3. The molecule has 5 atom stereocenters. The number of carbonyl (C=O) groups excluding carboxylic acids is 3. The van der Waals surface area contributed by atoms with Gasteiger partial charge in [0, 0.05) is 29.6 Å². The van der Waals surface area contributed by atoms with E-state index in [4.69, 9.17) is 21.1 Å². The van der Waals surface area contributed by atoms with Gasteiger partial charge in [-0.15, -0.1) is 0 Å². The van der Waals surface area contributed by atoms with Gasteiger partial charge < -0.3 is 45.6 Å². The SMILES string of the molecule is CC(=O)N[C@H]1[C@H](Oc2cc(Br)cc(C(=O)Nc3ccc(Cl)cn3)c2NC(=O)C2CCN(C(C)C)CC2)O[C@H](CO)[C@@H](O)[C@@H]1O. The van der Waals surface area contributed by atoms with Crippen LogP contribution in [0.1, 0.15) is 44.0 Å². The molecule has 0 unspecified atom stereocenters. The standard InChI is InChI=1S/C29H37BrClN5O8/c1-14(2)36-8-6-16(7-9-36)27(41)35-23-19(28(42)34-22-5-4-18(31)12-32-22)10-17(30)11-20(23)43-29-24(33-15(3)38)26(40)25(39)21(13-37)44-29/h4-5,10-12,14,16,21,24-26,29,37,39-40H,6-9,13H2,1-3H3,(H,33,38)(H,35,41)(H,32,34,42)/t21-,24-,25-,26-,29-/m1/s1. The van der Waals surface area contributed by atoms with Crippen LogP contribution < -0.4 is 20.7 Å². The third-order valence-corrected chi connectivity index (χ3v) is 8.33. The number of pyridine rings is 1. The molecular weight excluding hydrogens is 662 g/mol. The van der Waals surface area contributed by atoms with Gasteiger partial charge in [0.05, 0.1) is 22.9 Å². The predicted octanol–water partition coefficient (Wildman–Crippen LogP) is 2.13. The Morgan fingerprint density at radius 2 is 1.86 bits per heavy atom. The number of benzene rings is 1. The summed E-state index contributed by atoms with van der Waals surface area (Å²) in [6, 6.07) is 5.16. The fourth-order valence-electron chi connectivity index (χ4n) is 5.22. The quantitative estimate of drug-likeness (QED) is 0.227. The molecule has 44 heavy (non-hydrogen) atoms. The van der Waals surface area contributed by atoms with Gasteiger partial charge in [0.2, 0.25) is 18.1 Å². The van der Waals surface area contributed by atoms with Crippen molar-refractivity contribution in [3.8, 4) is 5.75 Å². The van der Waals surface area contributed by atoms with E-state index in [0.717, 1.165) is 13.1 Å². The molecule has 2 fully saturated rings. The molecule has 0 radical (unpaired) electrons. The van der Waals surface area contributed by atoms with Crippen molar-refractivity contribution in [3.05, 3.63) is 45.5 Å². The van der Waals surface area contributed by atoms with E-state index in [1.165, 1.54) is 31.3 Å². The molecule has 1 aromatic carbocycles. The second-order valence-corrected chi connectivity index (χ2v) is 12.4. The topological polar surface area (TPSA) is 183 Å². The lowest BCUT2D eigenvalue weighted by molar-refractivity contribution is -0.244. The summed E-state index contributed by atoms with van der Waals surface area (Å²) in [6.45, 7) is 6.26. The summed E-state index contributed by atoms with van der Waals surface area (Å²) in [5.41, 5.74) is 0.0348. The average Bonchev–Trinajstić information content (AvgIpc) is 2.98. The minimum Gasteiger partial charge on any atom is -0.460 e. The van der Waals surface area contributed by atoms with Crippen molar-refractivity contribution in [2.75, 3.05) is 30.3 Å². The molecule has 4 rings (SSSR count). The molecule has 0 aliphatic carbocycles. The van der Waals surface area contributed by atoms with Gasteiger partial charge in [-0.1, -0.05) is 27.5 Å². The third-order valence-electron chi connectivity index (χ3n) is 7.65. The highest BCUT2D eigenvalue weighted by Gasteiger charge is 2.46. The van der Waals surface area contributed by atoms with Gasteiger partial charge in [0.1, 0.15) is 35.9 Å². The van der Waals surface area contributed by atoms with Crippen LogP contribution in [0.15, 0.2) is 34.9 Å². The van der Waals surface area contributed by atoms with Crippen LogP contribution in [-0.2, 0) is 14.3 Å². The number of ether oxygens (including phenoxy) is 2. The molecular formula is C29H37BrClN5O8. The first-order chi connectivity index (χ1) is 20.9. The molecule has 240 valence electrons. The van der Waals surface area contributed by atoms with Crippen molar-refractivity contribution in [2.24, 2.45) is 5.92 Å². The summed E-state index contributed by atoms with van der Waals surface area (Å²) in [5, 5.41) is 39.4. The molecule has 2 aliphatic rings. The van der Waals surface area contributed by atoms with Gasteiger partial charge >= 0.3 is 0 Å². The number of anilines is 2. The normalized spacial score (nSPS) is 24.5. The Morgan fingerprint density at radius 3 is 2.45 bits per heavy atom. The number of amides is 3. The molecule has 0 spiro atoms. The molecule has 2 saturated heterocycles. The van der Waals surface area contributed by atoms with Gasteiger partial charge in [-0.2, -0.15) is 0 Å². The van der Waals surface area contributed by atoms with E-state index in [1.807, 2.05) is 0 Å². The minimum absolute atomic E-state index is 0.0160. The Morgan fingerprint density at radius 1 is 1.16 bits per heavy atom. The van der Waals surface area contributed by atoms with Gasteiger partial charge in [0.25, 0.3) is 5.91 Å². The maximum Gasteiger partial charge on any atom is 0.259 e. The van der Waals surface area contributed by atoms with E-state index in [2.05, 4.69) is 55.6 Å². The Kier molecular flexibility index (Phi) is 11.6. The number of rotatable bonds is 9. The van der Waals surface area contributed by atoms with Crippen molar-refractivity contribution in [1.82, 2.24) is 15.2 Å². The number of carbonyl (C=O) groups is 3. The number of hydrogen-bond donors (Lipinski definition) is 6. The Balaban J connectivity index is 1.70. The van der Waals surface area contributed by atoms with Crippen LogP contribution in [0.5, 0.6) is 5.75 Å². The van der Waals surface area contributed by atoms with Crippen LogP contribution in [0.2, 0.25) is 5.02 Å². The molecule has 0 bridgehead atoms. The summed E-state index contributed by atoms with van der Waals surface area (Å²) < 4.78 is 12.3. The summed E-state index contributed by atoms with van der Waals surface area (Å²) in [4.78, 5) is 45.5. The highest BCUT2D eigenvalue weighted by atomic mass is 79.9. The zero-order valence-electron chi connectivity index (χ0n) is 24.5. The van der Waals surface area contributed by atoms with Crippen LogP contribution in [-0.4, -0.2) is 99.3 Å². The second-order valence-electron chi connectivity index (χ2n) is 11.1. The number of aliphatic hydroxyl groups excluding tert-OH is 3. The first-order valence-corrected chi connectivity index (χ1v) is 15.4. The largest absolute Gasteiger partial charge is 0.460 e. The van der Waals surface area contributed by atoms with Gasteiger partial charge in [-0.05, 0) is 64.0 Å². The number of aliphatic hydroxyl groups is 3. The van der Waals surface area contributed by atoms with Crippen molar-refractivity contribution < 1.29 is 39.2 Å². The molecule has 6 N–H and O–H groups in total. The monoisotopic (exact) mass is 697 g/mol. The molecule has 3 amide bonds. The maximum absolute atomic E-state index is 13.6. The highest BCUT2D eigenvalue weighted by Crippen LogP contribution is 2.37. The number of nitrogens with one attached hydrogen (secondary N) is 3. The molecule has 2 aliphatic heterocycles. The van der Waals surface area contributed by atoms with Crippen LogP contribution >= 0.6 is 27.5 Å². The van der Waals surface area contributed by atoms with E-state index >= 15 is 0 Å². The smallest absolute Gasteiger partial charge is 0.259 e.